The summed E-state index contributed by atoms with van der Waals surface area (Å²) in [6.07, 6.45) is 1.41. The summed E-state index contributed by atoms with van der Waals surface area (Å²) in [4.78, 5) is 23.6. The van der Waals surface area contributed by atoms with Crippen LogP contribution in [0.5, 0.6) is 11.6 Å². The largest absolute Gasteiger partial charge is 0.439 e. The third kappa shape index (κ3) is 3.73. The van der Waals surface area contributed by atoms with Gasteiger partial charge in [-0.1, -0.05) is 11.6 Å². The van der Waals surface area contributed by atoms with E-state index in [1.54, 1.807) is 17.9 Å². The molecule has 8 heteroatoms. The summed E-state index contributed by atoms with van der Waals surface area (Å²) in [5, 5.41) is -0.0119. The van der Waals surface area contributed by atoms with Crippen LogP contribution in [0.15, 0.2) is 30.6 Å². The van der Waals surface area contributed by atoms with E-state index in [-0.39, 0.29) is 10.9 Å². The lowest BCUT2D eigenvalue weighted by atomic mass is 10.3. The fourth-order valence-electron chi connectivity index (χ4n) is 2.47. The molecule has 1 aliphatic heterocycles. The number of carbonyl (C=O) groups excluding carboxylic acids is 1. The number of anilines is 1. The molecule has 0 saturated carbocycles. The van der Waals surface area contributed by atoms with Crippen molar-refractivity contribution in [1.29, 1.82) is 0 Å². The van der Waals surface area contributed by atoms with Crippen molar-refractivity contribution in [2.24, 2.45) is 0 Å². The Labute approximate surface area is 143 Å². The summed E-state index contributed by atoms with van der Waals surface area (Å²) in [5.74, 6) is 1.03. The smallest absolute Gasteiger partial charge is 0.224 e. The summed E-state index contributed by atoms with van der Waals surface area (Å²) in [6, 6.07) is 5.82. The topological polar surface area (TPSA) is 58.6 Å². The van der Waals surface area contributed by atoms with Crippen molar-refractivity contribution in [2.75, 3.05) is 31.1 Å². The van der Waals surface area contributed by atoms with E-state index in [0.717, 1.165) is 5.82 Å². The first-order valence-electron chi connectivity index (χ1n) is 7.48. The van der Waals surface area contributed by atoms with E-state index in [2.05, 4.69) is 14.9 Å². The Balaban J connectivity index is 1.70. The Hall–Kier alpha value is -2.41. The van der Waals surface area contributed by atoms with Crippen molar-refractivity contribution in [2.45, 2.75) is 6.92 Å². The first kappa shape index (κ1) is 16.4. The summed E-state index contributed by atoms with van der Waals surface area (Å²) in [7, 11) is 0. The van der Waals surface area contributed by atoms with Gasteiger partial charge >= 0.3 is 0 Å². The SMILES string of the molecule is CC(=O)N1CCN(c2cc(Oc3ccc(F)c(Cl)c3)ncn2)CC1. The van der Waals surface area contributed by atoms with Crippen molar-refractivity contribution >= 4 is 23.3 Å². The number of halogens is 2. The normalized spacial score (nSPS) is 14.6. The van der Waals surface area contributed by atoms with Crippen LogP contribution in [0.3, 0.4) is 0 Å². The third-order valence-electron chi connectivity index (χ3n) is 3.79. The Kier molecular flexibility index (Phi) is 4.80. The predicted octanol–water partition coefficient (Wildman–Crippen LogP) is 2.73. The van der Waals surface area contributed by atoms with Gasteiger partial charge in [0.25, 0.3) is 0 Å². The van der Waals surface area contributed by atoms with Crippen molar-refractivity contribution in [3.8, 4) is 11.6 Å². The minimum absolute atomic E-state index is 0.0119. The molecule has 1 fully saturated rings. The number of piperazine rings is 1. The standard InChI is InChI=1S/C16H16ClFN4O2/c1-11(23)21-4-6-22(7-5-21)15-9-16(20-10-19-15)24-12-2-3-14(18)13(17)8-12/h2-3,8-10H,4-7H2,1H3. The molecule has 0 atom stereocenters. The fraction of sp³-hybridized carbons (Fsp3) is 0.312. The van der Waals surface area contributed by atoms with E-state index in [9.17, 15) is 9.18 Å². The molecule has 24 heavy (non-hydrogen) atoms. The number of benzene rings is 1. The number of carbonyl (C=O) groups is 1. The third-order valence-corrected chi connectivity index (χ3v) is 4.08. The average molecular weight is 351 g/mol. The molecule has 0 bridgehead atoms. The molecular formula is C16H16ClFN4O2. The van der Waals surface area contributed by atoms with Gasteiger partial charge in [-0.3, -0.25) is 4.79 Å². The monoisotopic (exact) mass is 350 g/mol. The van der Waals surface area contributed by atoms with Gasteiger partial charge in [-0.25, -0.2) is 14.4 Å². The predicted molar refractivity (Wildman–Crippen MR) is 88.0 cm³/mol. The van der Waals surface area contributed by atoms with Crippen LogP contribution >= 0.6 is 11.6 Å². The van der Waals surface area contributed by atoms with Crippen LogP contribution in [0.25, 0.3) is 0 Å². The maximum atomic E-state index is 13.2. The van der Waals surface area contributed by atoms with Crippen molar-refractivity contribution in [1.82, 2.24) is 14.9 Å². The second-order valence-electron chi connectivity index (χ2n) is 5.39. The molecule has 2 heterocycles. The highest BCUT2D eigenvalue weighted by Gasteiger charge is 2.20. The number of hydrogen-bond donors (Lipinski definition) is 0. The van der Waals surface area contributed by atoms with Crippen LogP contribution in [-0.4, -0.2) is 47.0 Å². The summed E-state index contributed by atoms with van der Waals surface area (Å²) >= 11 is 5.74. The van der Waals surface area contributed by atoms with Crippen LogP contribution < -0.4 is 9.64 Å². The second-order valence-corrected chi connectivity index (χ2v) is 5.79. The van der Waals surface area contributed by atoms with Crippen LogP contribution in [0.2, 0.25) is 5.02 Å². The zero-order valence-electron chi connectivity index (χ0n) is 13.1. The van der Waals surface area contributed by atoms with Crippen LogP contribution in [0, 0.1) is 5.82 Å². The molecular weight excluding hydrogens is 335 g/mol. The number of rotatable bonds is 3. The first-order chi connectivity index (χ1) is 11.5. The Morgan fingerprint density at radius 3 is 2.62 bits per heavy atom. The Bertz CT molecular complexity index is 751. The molecule has 0 N–H and O–H groups in total. The molecule has 126 valence electrons. The lowest BCUT2D eigenvalue weighted by molar-refractivity contribution is -0.129. The lowest BCUT2D eigenvalue weighted by Gasteiger charge is -2.34. The highest BCUT2D eigenvalue weighted by Crippen LogP contribution is 2.26. The number of nitrogens with zero attached hydrogens (tertiary/aromatic N) is 4. The van der Waals surface area contributed by atoms with Crippen LogP contribution in [-0.2, 0) is 4.79 Å². The highest BCUT2D eigenvalue weighted by molar-refractivity contribution is 6.30. The van der Waals surface area contributed by atoms with Crippen LogP contribution in [0.4, 0.5) is 10.2 Å². The number of amides is 1. The molecule has 6 nitrogen and oxygen atoms in total. The van der Waals surface area contributed by atoms with Gasteiger partial charge in [-0.05, 0) is 12.1 Å². The number of ether oxygens (including phenoxy) is 1. The maximum absolute atomic E-state index is 13.2. The van der Waals surface area contributed by atoms with E-state index in [4.69, 9.17) is 16.3 Å². The molecule has 0 aliphatic carbocycles. The molecule has 2 aromatic rings. The van der Waals surface area contributed by atoms with Gasteiger partial charge in [0.15, 0.2) is 0 Å². The molecule has 1 aromatic carbocycles. The zero-order valence-corrected chi connectivity index (χ0v) is 13.8. The molecule has 1 saturated heterocycles. The van der Waals surface area contributed by atoms with Gasteiger partial charge in [0.2, 0.25) is 11.8 Å². The molecule has 0 unspecified atom stereocenters. The number of aromatic nitrogens is 2. The Morgan fingerprint density at radius 2 is 1.96 bits per heavy atom. The molecule has 0 spiro atoms. The van der Waals surface area contributed by atoms with Crippen molar-refractivity contribution in [3.63, 3.8) is 0 Å². The first-order valence-corrected chi connectivity index (χ1v) is 7.86. The second kappa shape index (κ2) is 7.00. The molecule has 3 rings (SSSR count). The van der Waals surface area contributed by atoms with Crippen molar-refractivity contribution < 1.29 is 13.9 Å². The van der Waals surface area contributed by atoms with Gasteiger partial charge in [0.1, 0.15) is 23.7 Å². The molecule has 1 aromatic heterocycles. The van der Waals surface area contributed by atoms with Gasteiger partial charge in [-0.15, -0.1) is 0 Å². The van der Waals surface area contributed by atoms with E-state index >= 15 is 0 Å². The summed E-state index contributed by atoms with van der Waals surface area (Å²) in [6.45, 7) is 4.27. The van der Waals surface area contributed by atoms with Gasteiger partial charge < -0.3 is 14.5 Å². The number of hydrogen-bond acceptors (Lipinski definition) is 5. The summed E-state index contributed by atoms with van der Waals surface area (Å²) in [5.41, 5.74) is 0. The molecule has 1 amide bonds. The average Bonchev–Trinajstić information content (AvgIpc) is 2.58. The molecule has 0 radical (unpaired) electrons. The minimum atomic E-state index is -0.504. The lowest BCUT2D eigenvalue weighted by Crippen LogP contribution is -2.48. The Morgan fingerprint density at radius 1 is 1.21 bits per heavy atom. The van der Waals surface area contributed by atoms with E-state index < -0.39 is 5.82 Å². The fourth-order valence-corrected chi connectivity index (χ4v) is 2.64. The van der Waals surface area contributed by atoms with Gasteiger partial charge in [0.05, 0.1) is 5.02 Å². The van der Waals surface area contributed by atoms with Crippen molar-refractivity contribution in [3.05, 3.63) is 41.4 Å². The van der Waals surface area contributed by atoms with E-state index in [0.29, 0.717) is 37.8 Å². The van der Waals surface area contributed by atoms with Gasteiger partial charge in [0, 0.05) is 45.2 Å². The highest BCUT2D eigenvalue weighted by atomic mass is 35.5. The zero-order chi connectivity index (χ0) is 17.1. The van der Waals surface area contributed by atoms with E-state index in [1.807, 2.05) is 0 Å². The summed E-state index contributed by atoms with van der Waals surface area (Å²) < 4.78 is 18.8. The van der Waals surface area contributed by atoms with E-state index in [1.165, 1.54) is 24.5 Å². The van der Waals surface area contributed by atoms with Gasteiger partial charge in [-0.2, -0.15) is 0 Å². The minimum Gasteiger partial charge on any atom is -0.439 e. The molecule has 1 aliphatic rings. The quantitative estimate of drug-likeness (QED) is 0.852. The maximum Gasteiger partial charge on any atom is 0.224 e. The van der Waals surface area contributed by atoms with Crippen LogP contribution in [0.1, 0.15) is 6.92 Å².